The third-order valence-corrected chi connectivity index (χ3v) is 3.58. The minimum atomic E-state index is -1.66. The molecule has 13 nitrogen and oxygen atoms in total. The smallest absolute Gasteiger partial charge is 0.326 e. The van der Waals surface area contributed by atoms with E-state index in [1.165, 1.54) is 0 Å². The molecule has 0 aromatic carbocycles. The van der Waals surface area contributed by atoms with Gasteiger partial charge in [-0.2, -0.15) is 12.6 Å². The average Bonchev–Trinajstić information content (AvgIpc) is 2.61. The summed E-state index contributed by atoms with van der Waals surface area (Å²) in [5, 5.41) is 33.5. The number of aliphatic hydroxyl groups is 2. The van der Waals surface area contributed by atoms with Crippen molar-refractivity contribution in [2.75, 3.05) is 19.0 Å². The third-order valence-electron chi connectivity index (χ3n) is 3.18. The first-order valence-corrected chi connectivity index (χ1v) is 8.20. The molecule has 0 bridgehead atoms. The predicted molar refractivity (Wildman–Crippen MR) is 93.2 cm³/mol. The third kappa shape index (κ3) is 8.67. The fraction of sp³-hybridized carbons (Fsp3) is 0.615. The van der Waals surface area contributed by atoms with Gasteiger partial charge in [0.1, 0.15) is 18.1 Å². The minimum absolute atomic E-state index is 0.0241. The Labute approximate surface area is 159 Å². The van der Waals surface area contributed by atoms with Crippen molar-refractivity contribution in [1.29, 1.82) is 0 Å². The van der Waals surface area contributed by atoms with Gasteiger partial charge in [0.15, 0.2) is 0 Å². The zero-order valence-corrected chi connectivity index (χ0v) is 15.0. The summed E-state index contributed by atoms with van der Waals surface area (Å²) < 4.78 is 0. The molecule has 0 aliphatic heterocycles. The first kappa shape index (κ1) is 24.6. The van der Waals surface area contributed by atoms with E-state index in [4.69, 9.17) is 16.6 Å². The molecule has 154 valence electrons. The summed E-state index contributed by atoms with van der Waals surface area (Å²) in [5.41, 5.74) is 10.3. The second kappa shape index (κ2) is 12.1. The number of carbonyl (C=O) groups is 5. The predicted octanol–water partition coefficient (Wildman–Crippen LogP) is -5.36. The highest BCUT2D eigenvalue weighted by molar-refractivity contribution is 7.80. The van der Waals surface area contributed by atoms with Crippen molar-refractivity contribution in [3.8, 4) is 0 Å². The van der Waals surface area contributed by atoms with E-state index in [0.717, 1.165) is 0 Å². The van der Waals surface area contributed by atoms with E-state index in [1.54, 1.807) is 0 Å². The maximum Gasteiger partial charge on any atom is 0.326 e. The summed E-state index contributed by atoms with van der Waals surface area (Å²) in [7, 11) is 0. The Bertz CT molecular complexity index is 575. The summed E-state index contributed by atoms with van der Waals surface area (Å²) in [5.74, 6) is -5.49. The first-order valence-electron chi connectivity index (χ1n) is 7.57. The zero-order chi connectivity index (χ0) is 21.1. The van der Waals surface area contributed by atoms with E-state index >= 15 is 0 Å². The Morgan fingerprint density at radius 3 is 1.59 bits per heavy atom. The van der Waals surface area contributed by atoms with Crippen LogP contribution in [0.2, 0.25) is 0 Å². The number of thiol groups is 1. The van der Waals surface area contributed by atoms with Gasteiger partial charge in [0.05, 0.1) is 25.7 Å². The van der Waals surface area contributed by atoms with Crippen LogP contribution in [-0.2, 0) is 24.0 Å². The van der Waals surface area contributed by atoms with Crippen molar-refractivity contribution in [2.24, 2.45) is 11.5 Å². The van der Waals surface area contributed by atoms with Crippen LogP contribution in [0.4, 0.5) is 0 Å². The van der Waals surface area contributed by atoms with Gasteiger partial charge in [0.25, 0.3) is 0 Å². The van der Waals surface area contributed by atoms with Gasteiger partial charge in [0.2, 0.25) is 23.6 Å². The highest BCUT2D eigenvalue weighted by atomic mass is 32.1. The second-order valence-electron chi connectivity index (χ2n) is 5.35. The van der Waals surface area contributed by atoms with E-state index < -0.39 is 73.4 Å². The maximum absolute atomic E-state index is 12.1. The molecule has 0 aliphatic carbocycles. The molecule has 0 aromatic heterocycles. The SMILES string of the molecule is NC(=O)C[C@H](NC(=O)[C@H](CO)NC(=O)[C@H](CO)NC(=O)[C@@H](N)CS)C(=O)O. The number of aliphatic carboxylic acids is 1. The summed E-state index contributed by atoms with van der Waals surface area (Å²) >= 11 is 3.81. The molecular formula is C13H23N5O8S. The van der Waals surface area contributed by atoms with Gasteiger partial charge >= 0.3 is 5.97 Å². The summed E-state index contributed by atoms with van der Waals surface area (Å²) in [6.07, 6.45) is -0.704. The van der Waals surface area contributed by atoms with E-state index in [0.29, 0.717) is 0 Å². The van der Waals surface area contributed by atoms with E-state index in [2.05, 4.69) is 17.9 Å². The van der Waals surface area contributed by atoms with Crippen molar-refractivity contribution in [3.05, 3.63) is 0 Å². The molecule has 14 heteroatoms. The van der Waals surface area contributed by atoms with Crippen molar-refractivity contribution in [2.45, 2.75) is 30.6 Å². The molecule has 0 unspecified atom stereocenters. The van der Waals surface area contributed by atoms with Crippen LogP contribution in [0.1, 0.15) is 6.42 Å². The summed E-state index contributed by atoms with van der Waals surface area (Å²) in [4.78, 5) is 57.6. The Morgan fingerprint density at radius 1 is 0.852 bits per heavy atom. The largest absolute Gasteiger partial charge is 0.480 e. The number of primary amides is 1. The number of carboxylic acids is 1. The van der Waals surface area contributed by atoms with E-state index in [9.17, 15) is 34.2 Å². The highest BCUT2D eigenvalue weighted by Crippen LogP contribution is 1.96. The molecule has 4 amide bonds. The maximum atomic E-state index is 12.1. The summed E-state index contributed by atoms with van der Waals surface area (Å²) in [6.45, 7) is -1.77. The molecule has 0 heterocycles. The van der Waals surface area contributed by atoms with Crippen molar-refractivity contribution >= 4 is 42.2 Å². The van der Waals surface area contributed by atoms with Crippen LogP contribution in [0.3, 0.4) is 0 Å². The zero-order valence-electron chi connectivity index (χ0n) is 14.1. The number of hydrogen-bond donors (Lipinski definition) is 9. The Kier molecular flexibility index (Phi) is 11.0. The molecule has 10 N–H and O–H groups in total. The number of aliphatic hydroxyl groups excluding tert-OH is 2. The number of nitrogens with one attached hydrogen (secondary N) is 3. The normalized spacial score (nSPS) is 15.0. The van der Waals surface area contributed by atoms with Crippen LogP contribution >= 0.6 is 12.6 Å². The van der Waals surface area contributed by atoms with Crippen molar-refractivity contribution in [3.63, 3.8) is 0 Å². The molecule has 0 fully saturated rings. The van der Waals surface area contributed by atoms with Gasteiger partial charge in [-0.25, -0.2) is 4.79 Å². The summed E-state index contributed by atoms with van der Waals surface area (Å²) in [6, 6.07) is -5.80. The van der Waals surface area contributed by atoms with Gasteiger partial charge in [-0.15, -0.1) is 0 Å². The lowest BCUT2D eigenvalue weighted by molar-refractivity contribution is -0.144. The fourth-order valence-electron chi connectivity index (χ4n) is 1.70. The van der Waals surface area contributed by atoms with Gasteiger partial charge in [-0.1, -0.05) is 0 Å². The van der Waals surface area contributed by atoms with Crippen molar-refractivity contribution in [1.82, 2.24) is 16.0 Å². The van der Waals surface area contributed by atoms with Crippen LogP contribution in [0.25, 0.3) is 0 Å². The molecule has 4 atom stereocenters. The Balaban J connectivity index is 4.98. The molecule has 0 rings (SSSR count). The monoisotopic (exact) mass is 409 g/mol. The van der Waals surface area contributed by atoms with Gasteiger partial charge < -0.3 is 42.7 Å². The lowest BCUT2D eigenvalue weighted by Gasteiger charge is -2.23. The van der Waals surface area contributed by atoms with Crippen LogP contribution in [0.15, 0.2) is 0 Å². The quantitative estimate of drug-likeness (QED) is 0.140. The molecular weight excluding hydrogens is 386 g/mol. The fourth-order valence-corrected chi connectivity index (χ4v) is 1.86. The van der Waals surface area contributed by atoms with Crippen molar-refractivity contribution < 1.29 is 39.3 Å². The van der Waals surface area contributed by atoms with Gasteiger partial charge in [-0.3, -0.25) is 19.2 Å². The number of rotatable bonds is 12. The van der Waals surface area contributed by atoms with Crippen LogP contribution in [0, 0.1) is 0 Å². The number of carboxylic acid groups (broad SMARTS) is 1. The molecule has 0 saturated carbocycles. The number of amides is 4. The molecule has 0 aromatic rings. The number of nitrogens with two attached hydrogens (primary N) is 2. The average molecular weight is 409 g/mol. The van der Waals surface area contributed by atoms with E-state index in [1.807, 2.05) is 10.6 Å². The molecule has 0 radical (unpaired) electrons. The van der Waals surface area contributed by atoms with Crippen LogP contribution < -0.4 is 27.4 Å². The molecule has 0 saturated heterocycles. The van der Waals surface area contributed by atoms with E-state index in [-0.39, 0.29) is 5.75 Å². The second-order valence-corrected chi connectivity index (χ2v) is 5.71. The number of hydrogen-bond acceptors (Lipinski definition) is 9. The number of carbonyl (C=O) groups excluding carboxylic acids is 4. The standard InChI is InChI=1S/C13H23N5O8S/c14-5(4-27)10(22)17-7(2-19)12(24)18-8(3-20)11(23)16-6(13(25)26)1-9(15)21/h5-8,19-20,27H,1-4,14H2,(H2,15,21)(H,16,23)(H,17,22)(H,18,24)(H,25,26)/t5-,6-,7-,8-/m0/s1. The van der Waals surface area contributed by atoms with Crippen LogP contribution in [-0.4, -0.2) is 88.1 Å². The van der Waals surface area contributed by atoms with Gasteiger partial charge in [-0.05, 0) is 0 Å². The Hall–Kier alpha value is -2.42. The van der Waals surface area contributed by atoms with Gasteiger partial charge in [0, 0.05) is 5.75 Å². The molecule has 0 spiro atoms. The minimum Gasteiger partial charge on any atom is -0.480 e. The Morgan fingerprint density at radius 2 is 1.26 bits per heavy atom. The lowest BCUT2D eigenvalue weighted by Crippen LogP contribution is -2.59. The van der Waals surface area contributed by atoms with Crippen LogP contribution in [0.5, 0.6) is 0 Å². The topological polar surface area (TPSA) is 234 Å². The first-order chi connectivity index (χ1) is 12.6. The molecule has 0 aliphatic rings. The molecule has 27 heavy (non-hydrogen) atoms. The highest BCUT2D eigenvalue weighted by Gasteiger charge is 2.30. The lowest BCUT2D eigenvalue weighted by atomic mass is 10.1.